The molecule has 3 heterocycles. The summed E-state index contributed by atoms with van der Waals surface area (Å²) in [6, 6.07) is 1.79. The van der Waals surface area contributed by atoms with Crippen LogP contribution >= 0.6 is 0 Å². The molecule has 1 N–H and O–H groups in total. The Morgan fingerprint density at radius 1 is 1.35 bits per heavy atom. The average molecular weight is 270 g/mol. The predicted octanol–water partition coefficient (Wildman–Crippen LogP) is 1.33. The minimum atomic E-state index is -0.193. The van der Waals surface area contributed by atoms with Crippen LogP contribution in [-0.4, -0.2) is 30.3 Å². The molecule has 1 amide bonds. The van der Waals surface area contributed by atoms with Crippen molar-refractivity contribution >= 4 is 17.2 Å². The topological polar surface area (TPSA) is 77.1 Å². The number of fused-ring (bicyclic) bond motifs is 1. The van der Waals surface area contributed by atoms with E-state index in [1.54, 1.807) is 33.9 Å². The Morgan fingerprint density at radius 3 is 2.85 bits per heavy atom. The average Bonchev–Trinajstić information content (AvgIpc) is 2.94. The van der Waals surface area contributed by atoms with Gasteiger partial charge in [0.25, 0.3) is 5.91 Å². The van der Waals surface area contributed by atoms with Crippen molar-refractivity contribution in [2.75, 3.05) is 5.32 Å². The molecular formula is C13H14N6O. The summed E-state index contributed by atoms with van der Waals surface area (Å²) in [6.07, 6.45) is 4.99. The molecule has 0 fully saturated rings. The highest BCUT2D eigenvalue weighted by molar-refractivity contribution is 6.05. The maximum absolute atomic E-state index is 12.3. The van der Waals surface area contributed by atoms with E-state index in [4.69, 9.17) is 0 Å². The highest BCUT2D eigenvalue weighted by Crippen LogP contribution is 2.15. The molecule has 3 rings (SSSR count). The Labute approximate surface area is 115 Å². The molecule has 0 aliphatic rings. The first-order chi connectivity index (χ1) is 9.56. The molecule has 0 aliphatic carbocycles. The summed E-state index contributed by atoms with van der Waals surface area (Å²) < 4.78 is 3.30. The van der Waals surface area contributed by atoms with Crippen LogP contribution in [0.3, 0.4) is 0 Å². The van der Waals surface area contributed by atoms with E-state index < -0.39 is 0 Å². The number of nitrogens with one attached hydrogen (secondary N) is 1. The van der Waals surface area contributed by atoms with Crippen LogP contribution in [0.5, 0.6) is 0 Å². The van der Waals surface area contributed by atoms with E-state index in [1.807, 2.05) is 20.9 Å². The Kier molecular flexibility index (Phi) is 2.74. The summed E-state index contributed by atoms with van der Waals surface area (Å²) in [4.78, 5) is 16.5. The summed E-state index contributed by atoms with van der Waals surface area (Å²) in [5.74, 6) is -0.193. The highest BCUT2D eigenvalue weighted by atomic mass is 16.1. The highest BCUT2D eigenvalue weighted by Gasteiger charge is 2.17. The molecule has 0 saturated heterocycles. The third-order valence-corrected chi connectivity index (χ3v) is 3.24. The van der Waals surface area contributed by atoms with Crippen LogP contribution in [-0.2, 0) is 7.05 Å². The van der Waals surface area contributed by atoms with E-state index in [9.17, 15) is 4.79 Å². The molecule has 0 radical (unpaired) electrons. The third-order valence-electron chi connectivity index (χ3n) is 3.24. The molecular weight excluding hydrogens is 256 g/mol. The van der Waals surface area contributed by atoms with Gasteiger partial charge in [-0.1, -0.05) is 0 Å². The van der Waals surface area contributed by atoms with Gasteiger partial charge in [-0.05, 0) is 13.8 Å². The van der Waals surface area contributed by atoms with Crippen LogP contribution in [0.15, 0.2) is 24.7 Å². The molecule has 0 aliphatic heterocycles. The fraction of sp³-hybridized carbons (Fsp3) is 0.231. The molecule has 0 atom stereocenters. The number of carbonyl (C=O) groups excluding carboxylic acids is 1. The molecule has 0 unspecified atom stereocenters. The van der Waals surface area contributed by atoms with Crippen LogP contribution in [0.1, 0.15) is 21.7 Å². The Bertz CT molecular complexity index is 800. The number of anilines is 1. The van der Waals surface area contributed by atoms with Gasteiger partial charge in [0.15, 0.2) is 5.65 Å². The Balaban J connectivity index is 1.91. The van der Waals surface area contributed by atoms with Crippen molar-refractivity contribution in [3.63, 3.8) is 0 Å². The van der Waals surface area contributed by atoms with E-state index in [1.165, 1.54) is 0 Å². The minimum Gasteiger partial charge on any atom is -0.319 e. The number of hydrogen-bond donors (Lipinski definition) is 1. The summed E-state index contributed by atoms with van der Waals surface area (Å²) in [6.45, 7) is 3.68. The van der Waals surface area contributed by atoms with Gasteiger partial charge in [-0.2, -0.15) is 10.2 Å². The fourth-order valence-corrected chi connectivity index (χ4v) is 2.17. The standard InChI is InChI=1S/C13H14N6O/c1-8-12(9(2)18(3)17-8)13(20)16-10-6-14-11-4-5-15-19(11)7-10/h4-7H,1-3H3,(H,16,20). The van der Waals surface area contributed by atoms with Crippen molar-refractivity contribution in [3.05, 3.63) is 41.6 Å². The first-order valence-corrected chi connectivity index (χ1v) is 6.17. The molecule has 0 saturated carbocycles. The number of rotatable bonds is 2. The van der Waals surface area contributed by atoms with Crippen molar-refractivity contribution in [3.8, 4) is 0 Å². The van der Waals surface area contributed by atoms with E-state index in [0.29, 0.717) is 16.9 Å². The first kappa shape index (κ1) is 12.3. The normalized spacial score (nSPS) is 10.9. The lowest BCUT2D eigenvalue weighted by molar-refractivity contribution is 0.102. The molecule has 3 aromatic rings. The molecule has 20 heavy (non-hydrogen) atoms. The monoisotopic (exact) mass is 270 g/mol. The lowest BCUT2D eigenvalue weighted by Gasteiger charge is -2.05. The zero-order valence-electron chi connectivity index (χ0n) is 11.5. The van der Waals surface area contributed by atoms with Gasteiger partial charge in [-0.3, -0.25) is 9.48 Å². The second kappa shape index (κ2) is 4.44. The van der Waals surface area contributed by atoms with Crippen LogP contribution in [0.25, 0.3) is 5.65 Å². The van der Waals surface area contributed by atoms with Crippen molar-refractivity contribution in [1.29, 1.82) is 0 Å². The van der Waals surface area contributed by atoms with Crippen molar-refractivity contribution < 1.29 is 4.79 Å². The summed E-state index contributed by atoms with van der Waals surface area (Å²) in [5, 5.41) is 11.1. The first-order valence-electron chi connectivity index (χ1n) is 6.17. The molecule has 7 heteroatoms. The SMILES string of the molecule is Cc1nn(C)c(C)c1C(=O)Nc1cnc2ccnn2c1. The van der Waals surface area contributed by atoms with Gasteiger partial charge in [0.05, 0.1) is 35.5 Å². The van der Waals surface area contributed by atoms with Gasteiger partial charge in [-0.25, -0.2) is 9.50 Å². The van der Waals surface area contributed by atoms with Gasteiger partial charge in [-0.15, -0.1) is 0 Å². The number of hydrogen-bond acceptors (Lipinski definition) is 4. The maximum atomic E-state index is 12.3. The van der Waals surface area contributed by atoms with Gasteiger partial charge < -0.3 is 5.32 Å². The second-order valence-electron chi connectivity index (χ2n) is 4.60. The Hall–Kier alpha value is -2.70. The zero-order chi connectivity index (χ0) is 14.3. The fourth-order valence-electron chi connectivity index (χ4n) is 2.17. The van der Waals surface area contributed by atoms with Gasteiger partial charge >= 0.3 is 0 Å². The maximum Gasteiger partial charge on any atom is 0.259 e. The minimum absolute atomic E-state index is 0.193. The molecule has 0 spiro atoms. The summed E-state index contributed by atoms with van der Waals surface area (Å²) >= 11 is 0. The van der Waals surface area contributed by atoms with E-state index >= 15 is 0 Å². The molecule has 7 nitrogen and oxygen atoms in total. The van der Waals surface area contributed by atoms with Crippen molar-refractivity contribution in [2.45, 2.75) is 13.8 Å². The summed E-state index contributed by atoms with van der Waals surface area (Å²) in [7, 11) is 1.82. The Morgan fingerprint density at radius 2 is 2.15 bits per heavy atom. The molecule has 0 aromatic carbocycles. The lowest BCUT2D eigenvalue weighted by atomic mass is 10.2. The predicted molar refractivity (Wildman–Crippen MR) is 73.6 cm³/mol. The molecule has 102 valence electrons. The van der Waals surface area contributed by atoms with Gasteiger partial charge in [0.2, 0.25) is 0 Å². The van der Waals surface area contributed by atoms with Crippen molar-refractivity contribution in [2.24, 2.45) is 7.05 Å². The zero-order valence-corrected chi connectivity index (χ0v) is 11.5. The van der Waals surface area contributed by atoms with Crippen LogP contribution in [0, 0.1) is 13.8 Å². The van der Waals surface area contributed by atoms with E-state index in [2.05, 4.69) is 20.5 Å². The smallest absolute Gasteiger partial charge is 0.259 e. The van der Waals surface area contributed by atoms with Crippen LogP contribution < -0.4 is 5.32 Å². The third kappa shape index (κ3) is 1.93. The number of aromatic nitrogens is 5. The molecule has 3 aromatic heterocycles. The van der Waals surface area contributed by atoms with Gasteiger partial charge in [0, 0.05) is 18.8 Å². The quantitative estimate of drug-likeness (QED) is 0.762. The number of carbonyl (C=O) groups is 1. The second-order valence-corrected chi connectivity index (χ2v) is 4.60. The van der Waals surface area contributed by atoms with E-state index in [0.717, 1.165) is 11.3 Å². The number of nitrogens with zero attached hydrogens (tertiary/aromatic N) is 5. The molecule has 0 bridgehead atoms. The van der Waals surface area contributed by atoms with Crippen LogP contribution in [0.2, 0.25) is 0 Å². The number of aryl methyl sites for hydroxylation is 2. The van der Waals surface area contributed by atoms with Gasteiger partial charge in [0.1, 0.15) is 0 Å². The lowest BCUT2D eigenvalue weighted by Crippen LogP contribution is -2.14. The largest absolute Gasteiger partial charge is 0.319 e. The van der Waals surface area contributed by atoms with E-state index in [-0.39, 0.29) is 5.91 Å². The van der Waals surface area contributed by atoms with Crippen molar-refractivity contribution in [1.82, 2.24) is 24.4 Å². The summed E-state index contributed by atoms with van der Waals surface area (Å²) in [5.41, 5.74) is 3.45. The number of amides is 1. The van der Waals surface area contributed by atoms with Crippen LogP contribution in [0.4, 0.5) is 5.69 Å².